The van der Waals surface area contributed by atoms with E-state index in [2.05, 4.69) is 0 Å². The zero-order valence-corrected chi connectivity index (χ0v) is 16.5. The fraction of sp³-hybridized carbons (Fsp3) is 1.00. The van der Waals surface area contributed by atoms with Gasteiger partial charge in [0, 0.05) is 12.1 Å². The van der Waals surface area contributed by atoms with Crippen LogP contribution in [0.4, 0.5) is 0 Å². The molecule has 0 rings (SSSR count). The van der Waals surface area contributed by atoms with Crippen LogP contribution >= 0.6 is 23.6 Å². The molecule has 0 unspecified atom stereocenters. The Hall–Kier alpha value is 0.450. The lowest BCUT2D eigenvalue weighted by molar-refractivity contribution is -0.00659. The molecule has 0 fully saturated rings. The number of hydrogen-bond acceptors (Lipinski definition) is 4. The molecule has 0 aromatic carbocycles. The van der Waals surface area contributed by atoms with E-state index in [1.54, 1.807) is 27.7 Å². The first-order valence-corrected chi connectivity index (χ1v) is 9.42. The van der Waals surface area contributed by atoms with Crippen LogP contribution in [-0.2, 0) is 14.6 Å². The van der Waals surface area contributed by atoms with Crippen molar-refractivity contribution in [1.29, 1.82) is 0 Å². The summed E-state index contributed by atoms with van der Waals surface area (Å²) in [5.41, 5.74) is -0.853. The molecule has 0 aliphatic heterocycles. The Morgan fingerprint density at radius 2 is 1.43 bits per heavy atom. The molecular weight excluding hydrogens is 333 g/mol. The van der Waals surface area contributed by atoms with Crippen molar-refractivity contribution < 1.29 is 13.2 Å². The average molecular weight is 362 g/mol. The van der Waals surface area contributed by atoms with Gasteiger partial charge in [-0.25, -0.2) is 8.42 Å². The van der Waals surface area contributed by atoms with Crippen molar-refractivity contribution in [2.75, 3.05) is 12.4 Å². The van der Waals surface area contributed by atoms with Crippen molar-refractivity contribution in [1.82, 2.24) is 3.94 Å². The van der Waals surface area contributed by atoms with Gasteiger partial charge in [-0.2, -0.15) is 0 Å². The molecule has 0 aromatic heterocycles. The van der Waals surface area contributed by atoms with Crippen molar-refractivity contribution in [2.45, 2.75) is 77.2 Å². The first kappa shape index (κ1) is 21.4. The highest BCUT2D eigenvalue weighted by atomic mass is 35.5. The lowest BCUT2D eigenvalue weighted by atomic mass is 10.0. The van der Waals surface area contributed by atoms with E-state index in [4.69, 9.17) is 28.3 Å². The minimum Gasteiger partial charge on any atom is -0.376 e. The van der Waals surface area contributed by atoms with Crippen LogP contribution in [-0.4, -0.2) is 40.6 Å². The molecule has 0 saturated heterocycles. The van der Waals surface area contributed by atoms with Gasteiger partial charge in [0.1, 0.15) is 0 Å². The molecule has 0 aliphatic rings. The van der Waals surface area contributed by atoms with E-state index in [-0.39, 0.29) is 11.4 Å². The molecule has 21 heavy (non-hydrogen) atoms. The Morgan fingerprint density at radius 1 is 0.952 bits per heavy atom. The summed E-state index contributed by atoms with van der Waals surface area (Å²) in [5, 5.41) is 0. The molecule has 128 valence electrons. The standard InChI is InChI=1S/C14H29Cl2NO3S/c1-12(2,3)20-10-8-14(6,7)21(18,19)11-9-13(4,5)17(15)16/h8-11H2,1-7H3. The van der Waals surface area contributed by atoms with Gasteiger partial charge in [0.2, 0.25) is 0 Å². The van der Waals surface area contributed by atoms with Crippen LogP contribution in [0, 0.1) is 0 Å². The summed E-state index contributed by atoms with van der Waals surface area (Å²) in [6, 6.07) is 0. The summed E-state index contributed by atoms with van der Waals surface area (Å²) in [5.74, 6) is 0.0401. The normalized spacial score (nSPS) is 14.8. The Kier molecular flexibility index (Phi) is 7.50. The monoisotopic (exact) mass is 361 g/mol. The third-order valence-electron chi connectivity index (χ3n) is 3.52. The molecule has 4 nitrogen and oxygen atoms in total. The predicted molar refractivity (Wildman–Crippen MR) is 90.4 cm³/mol. The Morgan fingerprint density at radius 3 is 1.81 bits per heavy atom. The van der Waals surface area contributed by atoms with Gasteiger partial charge in [0.15, 0.2) is 9.84 Å². The fourth-order valence-corrected chi connectivity index (χ4v) is 3.39. The fourth-order valence-electron chi connectivity index (χ4n) is 1.50. The number of halogens is 2. The smallest absolute Gasteiger partial charge is 0.155 e. The molecule has 0 bridgehead atoms. The van der Waals surface area contributed by atoms with Gasteiger partial charge in [0.25, 0.3) is 0 Å². The highest BCUT2D eigenvalue weighted by Crippen LogP contribution is 2.28. The summed E-state index contributed by atoms with van der Waals surface area (Å²) in [7, 11) is -3.27. The topological polar surface area (TPSA) is 46.6 Å². The third kappa shape index (κ3) is 7.51. The van der Waals surface area contributed by atoms with Gasteiger partial charge in [-0.05, 0) is 84.9 Å². The number of nitrogens with zero attached hydrogens (tertiary/aromatic N) is 1. The second-order valence-corrected chi connectivity index (χ2v) is 11.2. The third-order valence-corrected chi connectivity index (χ3v) is 7.07. The molecule has 0 atom stereocenters. The van der Waals surface area contributed by atoms with Gasteiger partial charge in [-0.3, -0.25) is 0 Å². The van der Waals surface area contributed by atoms with Crippen LogP contribution in [0.25, 0.3) is 0 Å². The summed E-state index contributed by atoms with van der Waals surface area (Å²) < 4.78 is 30.8. The van der Waals surface area contributed by atoms with E-state index in [0.717, 1.165) is 3.94 Å². The molecule has 0 aromatic rings. The van der Waals surface area contributed by atoms with E-state index < -0.39 is 20.1 Å². The number of sulfone groups is 1. The van der Waals surface area contributed by atoms with Gasteiger partial charge >= 0.3 is 0 Å². The molecule has 0 N–H and O–H groups in total. The van der Waals surface area contributed by atoms with E-state index >= 15 is 0 Å². The molecule has 0 amide bonds. The zero-order valence-electron chi connectivity index (χ0n) is 14.2. The number of rotatable bonds is 8. The van der Waals surface area contributed by atoms with Crippen molar-refractivity contribution in [3.05, 3.63) is 0 Å². The summed E-state index contributed by atoms with van der Waals surface area (Å²) in [4.78, 5) is 0. The average Bonchev–Trinajstić information content (AvgIpc) is 2.24. The van der Waals surface area contributed by atoms with E-state index in [1.807, 2.05) is 20.8 Å². The van der Waals surface area contributed by atoms with Crippen LogP contribution in [0.5, 0.6) is 0 Å². The Bertz CT molecular complexity index is 426. The van der Waals surface area contributed by atoms with Crippen molar-refractivity contribution in [3.63, 3.8) is 0 Å². The van der Waals surface area contributed by atoms with Gasteiger partial charge in [0.05, 0.1) is 16.1 Å². The van der Waals surface area contributed by atoms with Crippen LogP contribution < -0.4 is 0 Å². The molecule has 0 heterocycles. The maximum absolute atomic E-state index is 12.5. The van der Waals surface area contributed by atoms with Crippen molar-refractivity contribution >= 4 is 33.4 Å². The van der Waals surface area contributed by atoms with Crippen LogP contribution in [0.1, 0.15) is 61.3 Å². The van der Waals surface area contributed by atoms with Crippen LogP contribution in [0.15, 0.2) is 0 Å². The lowest BCUT2D eigenvalue weighted by Crippen LogP contribution is -2.40. The van der Waals surface area contributed by atoms with Gasteiger partial charge in [-0.15, -0.1) is 3.94 Å². The highest BCUT2D eigenvalue weighted by Gasteiger charge is 2.36. The molecular formula is C14H29Cl2NO3S. The Labute approximate surface area is 140 Å². The molecule has 0 saturated carbocycles. The minimum atomic E-state index is -3.27. The highest BCUT2D eigenvalue weighted by molar-refractivity contribution is 7.92. The first-order valence-electron chi connectivity index (χ1n) is 7.09. The summed E-state index contributed by atoms with van der Waals surface area (Å²) >= 11 is 11.5. The van der Waals surface area contributed by atoms with Gasteiger partial charge < -0.3 is 4.74 Å². The van der Waals surface area contributed by atoms with Crippen molar-refractivity contribution in [2.24, 2.45) is 0 Å². The molecule has 0 spiro atoms. The zero-order chi connectivity index (χ0) is 17.1. The van der Waals surface area contributed by atoms with Gasteiger partial charge in [-0.1, -0.05) is 0 Å². The first-order chi connectivity index (χ1) is 9.11. The summed E-state index contributed by atoms with van der Waals surface area (Å²) in [6.45, 7) is 13.3. The predicted octanol–water partition coefficient (Wildman–Crippen LogP) is 4.16. The number of hydrogen-bond donors (Lipinski definition) is 0. The minimum absolute atomic E-state index is 0.0401. The van der Waals surface area contributed by atoms with E-state index in [0.29, 0.717) is 19.4 Å². The largest absolute Gasteiger partial charge is 0.376 e. The van der Waals surface area contributed by atoms with E-state index in [9.17, 15) is 8.42 Å². The second kappa shape index (κ2) is 7.35. The summed E-state index contributed by atoms with van der Waals surface area (Å²) in [6.07, 6.45) is 0.824. The molecule has 7 heteroatoms. The number of ether oxygens (including phenoxy) is 1. The Balaban J connectivity index is 4.67. The molecule has 0 radical (unpaired) electrons. The second-order valence-electron chi connectivity index (χ2n) is 7.58. The lowest BCUT2D eigenvalue weighted by Gasteiger charge is -2.31. The van der Waals surface area contributed by atoms with Crippen LogP contribution in [0.2, 0.25) is 0 Å². The maximum atomic E-state index is 12.5. The maximum Gasteiger partial charge on any atom is 0.155 e. The quantitative estimate of drug-likeness (QED) is 0.608. The SMILES string of the molecule is CC(C)(C)OCCC(C)(C)S(=O)(=O)CCC(C)(C)N(Cl)Cl. The van der Waals surface area contributed by atoms with Crippen molar-refractivity contribution in [3.8, 4) is 0 Å². The van der Waals surface area contributed by atoms with E-state index in [1.165, 1.54) is 0 Å². The molecule has 0 aliphatic carbocycles. The van der Waals surface area contributed by atoms with Crippen LogP contribution in [0.3, 0.4) is 0 Å².